The van der Waals surface area contributed by atoms with Crippen molar-refractivity contribution < 1.29 is 9.90 Å². The maximum atomic E-state index is 10.8. The summed E-state index contributed by atoms with van der Waals surface area (Å²) in [6.07, 6.45) is 9.48. The Morgan fingerprint density at radius 2 is 2.42 bits per heavy atom. The minimum atomic E-state index is -0.678. The zero-order chi connectivity index (χ0) is 8.97. The molecular formula is C10H14O2. The number of aliphatic carboxylic acids is 1. The molecule has 0 amide bonds. The molecule has 0 bridgehead atoms. The van der Waals surface area contributed by atoms with Crippen LogP contribution in [0.3, 0.4) is 0 Å². The predicted octanol–water partition coefficient (Wildman–Crippen LogP) is 2.23. The summed E-state index contributed by atoms with van der Waals surface area (Å²) in [4.78, 5) is 10.8. The minimum absolute atomic E-state index is 0.192. The second-order valence-electron chi connectivity index (χ2n) is 3.07. The van der Waals surface area contributed by atoms with Gasteiger partial charge in [-0.25, -0.2) is 0 Å². The summed E-state index contributed by atoms with van der Waals surface area (Å²) in [6, 6.07) is 0. The van der Waals surface area contributed by atoms with Crippen LogP contribution in [0.5, 0.6) is 0 Å². The Labute approximate surface area is 72.6 Å². The maximum Gasteiger partial charge on any atom is 0.307 e. The third-order valence-electron chi connectivity index (χ3n) is 2.29. The lowest BCUT2D eigenvalue weighted by atomic mass is 9.85. The first-order chi connectivity index (χ1) is 5.75. The van der Waals surface area contributed by atoms with Crippen LogP contribution in [-0.2, 0) is 4.79 Å². The molecule has 0 aromatic rings. The van der Waals surface area contributed by atoms with Gasteiger partial charge in [-0.05, 0) is 18.8 Å². The van der Waals surface area contributed by atoms with E-state index < -0.39 is 5.97 Å². The van der Waals surface area contributed by atoms with E-state index in [2.05, 4.69) is 0 Å². The largest absolute Gasteiger partial charge is 0.481 e. The molecule has 0 aromatic heterocycles. The van der Waals surface area contributed by atoms with E-state index in [1.54, 1.807) is 0 Å². The Bertz CT molecular complexity index is 216. The number of carboxylic acid groups (broad SMARTS) is 1. The van der Waals surface area contributed by atoms with E-state index in [-0.39, 0.29) is 11.8 Å². The van der Waals surface area contributed by atoms with Gasteiger partial charge in [-0.15, -0.1) is 0 Å². The monoisotopic (exact) mass is 166 g/mol. The first-order valence-electron chi connectivity index (χ1n) is 4.31. The summed E-state index contributed by atoms with van der Waals surface area (Å²) in [6.45, 7) is 1.92. The number of hydrogen-bond acceptors (Lipinski definition) is 1. The molecule has 0 radical (unpaired) electrons. The standard InChI is InChI=1S/C10H14O2/c1-2-9(10(11)12)8-6-4-3-5-7-8/h3-6,8-9H,2,7H2,1H3,(H,11,12). The molecule has 2 nitrogen and oxygen atoms in total. The molecule has 0 aromatic carbocycles. The summed E-state index contributed by atoms with van der Waals surface area (Å²) in [5.41, 5.74) is 0. The Morgan fingerprint density at radius 3 is 2.83 bits per heavy atom. The maximum absolute atomic E-state index is 10.8. The lowest BCUT2D eigenvalue weighted by Crippen LogP contribution is -2.21. The van der Waals surface area contributed by atoms with E-state index in [4.69, 9.17) is 5.11 Å². The van der Waals surface area contributed by atoms with Crippen LogP contribution in [0.2, 0.25) is 0 Å². The van der Waals surface area contributed by atoms with Crippen LogP contribution >= 0.6 is 0 Å². The second kappa shape index (κ2) is 4.10. The van der Waals surface area contributed by atoms with Crippen LogP contribution in [0.25, 0.3) is 0 Å². The predicted molar refractivity (Wildman–Crippen MR) is 47.8 cm³/mol. The van der Waals surface area contributed by atoms with E-state index in [0.717, 1.165) is 6.42 Å². The highest BCUT2D eigenvalue weighted by Gasteiger charge is 2.23. The van der Waals surface area contributed by atoms with Gasteiger partial charge in [0.25, 0.3) is 0 Å². The van der Waals surface area contributed by atoms with Gasteiger partial charge in [-0.3, -0.25) is 4.79 Å². The van der Waals surface area contributed by atoms with E-state index in [1.807, 2.05) is 31.2 Å². The number of allylic oxidation sites excluding steroid dienone is 4. The van der Waals surface area contributed by atoms with Crippen molar-refractivity contribution in [1.29, 1.82) is 0 Å². The van der Waals surface area contributed by atoms with Gasteiger partial charge in [0, 0.05) is 0 Å². The molecule has 12 heavy (non-hydrogen) atoms. The molecular weight excluding hydrogens is 152 g/mol. The molecule has 0 heterocycles. The summed E-state index contributed by atoms with van der Waals surface area (Å²) in [5.74, 6) is -0.703. The van der Waals surface area contributed by atoms with Gasteiger partial charge in [-0.1, -0.05) is 31.2 Å². The Kier molecular flexibility index (Phi) is 3.09. The SMILES string of the molecule is CCC(C(=O)O)C1C=CC=CC1. The van der Waals surface area contributed by atoms with Gasteiger partial charge in [0.2, 0.25) is 0 Å². The summed E-state index contributed by atoms with van der Waals surface area (Å²) >= 11 is 0. The molecule has 0 spiro atoms. The highest BCUT2D eigenvalue weighted by Crippen LogP contribution is 2.23. The Balaban J connectivity index is 2.60. The van der Waals surface area contributed by atoms with Crippen LogP contribution in [0.15, 0.2) is 24.3 Å². The van der Waals surface area contributed by atoms with Crippen molar-refractivity contribution in [2.24, 2.45) is 11.8 Å². The zero-order valence-corrected chi connectivity index (χ0v) is 7.23. The highest BCUT2D eigenvalue weighted by atomic mass is 16.4. The molecule has 1 N–H and O–H groups in total. The van der Waals surface area contributed by atoms with Crippen molar-refractivity contribution in [2.75, 3.05) is 0 Å². The van der Waals surface area contributed by atoms with Crippen molar-refractivity contribution >= 4 is 5.97 Å². The molecule has 1 aliphatic carbocycles. The topological polar surface area (TPSA) is 37.3 Å². The fourth-order valence-electron chi connectivity index (χ4n) is 1.56. The fourth-order valence-corrected chi connectivity index (χ4v) is 1.56. The van der Waals surface area contributed by atoms with Crippen molar-refractivity contribution in [3.63, 3.8) is 0 Å². The van der Waals surface area contributed by atoms with Crippen LogP contribution in [0.1, 0.15) is 19.8 Å². The summed E-state index contributed by atoms with van der Waals surface area (Å²) in [5, 5.41) is 8.87. The number of hydrogen-bond donors (Lipinski definition) is 1. The van der Waals surface area contributed by atoms with Crippen LogP contribution in [0, 0.1) is 11.8 Å². The normalized spacial score (nSPS) is 23.9. The first kappa shape index (κ1) is 9.04. The second-order valence-corrected chi connectivity index (χ2v) is 3.07. The number of rotatable bonds is 3. The summed E-state index contributed by atoms with van der Waals surface area (Å²) in [7, 11) is 0. The summed E-state index contributed by atoms with van der Waals surface area (Å²) < 4.78 is 0. The molecule has 66 valence electrons. The Morgan fingerprint density at radius 1 is 1.67 bits per heavy atom. The van der Waals surface area contributed by atoms with Crippen LogP contribution in [0.4, 0.5) is 0 Å². The third-order valence-corrected chi connectivity index (χ3v) is 2.29. The first-order valence-corrected chi connectivity index (χ1v) is 4.31. The van der Waals surface area contributed by atoms with Gasteiger partial charge in [0.15, 0.2) is 0 Å². The average molecular weight is 166 g/mol. The van der Waals surface area contributed by atoms with Crippen molar-refractivity contribution in [1.82, 2.24) is 0 Å². The molecule has 1 rings (SSSR count). The number of carboxylic acids is 1. The van der Waals surface area contributed by atoms with Gasteiger partial charge in [0.1, 0.15) is 0 Å². The Hall–Kier alpha value is -1.05. The van der Waals surface area contributed by atoms with Crippen LogP contribution < -0.4 is 0 Å². The number of carbonyl (C=O) groups is 1. The van der Waals surface area contributed by atoms with E-state index in [1.165, 1.54) is 0 Å². The van der Waals surface area contributed by atoms with E-state index in [0.29, 0.717) is 6.42 Å². The molecule has 0 saturated carbocycles. The average Bonchev–Trinajstić information content (AvgIpc) is 2.07. The molecule has 2 atom stereocenters. The molecule has 2 heteroatoms. The van der Waals surface area contributed by atoms with Crippen molar-refractivity contribution in [3.8, 4) is 0 Å². The lowest BCUT2D eigenvalue weighted by Gasteiger charge is -2.19. The van der Waals surface area contributed by atoms with Gasteiger partial charge >= 0.3 is 5.97 Å². The van der Waals surface area contributed by atoms with Crippen molar-refractivity contribution in [3.05, 3.63) is 24.3 Å². The third kappa shape index (κ3) is 1.97. The molecule has 0 fully saturated rings. The molecule has 2 unspecified atom stereocenters. The minimum Gasteiger partial charge on any atom is -0.481 e. The molecule has 0 saturated heterocycles. The molecule has 0 aliphatic heterocycles. The fraction of sp³-hybridized carbons (Fsp3) is 0.500. The lowest BCUT2D eigenvalue weighted by molar-refractivity contribution is -0.143. The molecule has 1 aliphatic rings. The van der Waals surface area contributed by atoms with E-state index in [9.17, 15) is 4.79 Å². The highest BCUT2D eigenvalue weighted by molar-refractivity contribution is 5.70. The van der Waals surface area contributed by atoms with Gasteiger partial charge < -0.3 is 5.11 Å². The van der Waals surface area contributed by atoms with E-state index >= 15 is 0 Å². The van der Waals surface area contributed by atoms with Crippen molar-refractivity contribution in [2.45, 2.75) is 19.8 Å². The van der Waals surface area contributed by atoms with Crippen LogP contribution in [-0.4, -0.2) is 11.1 Å². The quantitative estimate of drug-likeness (QED) is 0.698. The van der Waals surface area contributed by atoms with Gasteiger partial charge in [-0.2, -0.15) is 0 Å². The van der Waals surface area contributed by atoms with Gasteiger partial charge in [0.05, 0.1) is 5.92 Å². The smallest absolute Gasteiger partial charge is 0.307 e. The zero-order valence-electron chi connectivity index (χ0n) is 7.23.